The summed E-state index contributed by atoms with van der Waals surface area (Å²) in [4.78, 5) is 33.3. The van der Waals surface area contributed by atoms with E-state index in [0.717, 1.165) is 29.5 Å². The summed E-state index contributed by atoms with van der Waals surface area (Å²) < 4.78 is 17.7. The molecule has 1 N–H and O–H groups in total. The second kappa shape index (κ2) is 12.9. The summed E-state index contributed by atoms with van der Waals surface area (Å²) in [6, 6.07) is 19.1. The van der Waals surface area contributed by atoms with Crippen molar-refractivity contribution in [2.75, 3.05) is 25.7 Å². The minimum absolute atomic E-state index is 0.0392. The number of aromatic nitrogens is 1. The number of methoxy groups -OCH3 is 2. The van der Waals surface area contributed by atoms with E-state index in [1.54, 1.807) is 50.6 Å². The molecule has 1 unspecified atom stereocenters. The van der Waals surface area contributed by atoms with Crippen molar-refractivity contribution >= 4 is 44.5 Å². The maximum atomic E-state index is 13.6. The van der Waals surface area contributed by atoms with Crippen LogP contribution in [0.25, 0.3) is 16.3 Å². The SMILES string of the molecule is CCCCCOc1ccc(C2C(C(=O)C=Cc3ccccc3)=C(O)C(=O)N2c2nc3ccc(OC)cc3s2)cc1OC. The largest absolute Gasteiger partial charge is 0.503 e. The molecule has 0 aliphatic carbocycles. The minimum Gasteiger partial charge on any atom is -0.503 e. The molecule has 9 heteroatoms. The average Bonchev–Trinajstić information content (AvgIpc) is 3.55. The molecule has 1 atom stereocenters. The maximum Gasteiger partial charge on any atom is 0.296 e. The highest BCUT2D eigenvalue weighted by molar-refractivity contribution is 7.22. The summed E-state index contributed by atoms with van der Waals surface area (Å²) in [5.41, 5.74) is 2.01. The number of nitrogens with zero attached hydrogens (tertiary/aromatic N) is 2. The number of amides is 1. The van der Waals surface area contributed by atoms with Crippen molar-refractivity contribution in [1.82, 2.24) is 4.98 Å². The fourth-order valence-corrected chi connectivity index (χ4v) is 5.85. The van der Waals surface area contributed by atoms with Gasteiger partial charge in [0.05, 0.1) is 42.7 Å². The van der Waals surface area contributed by atoms with Gasteiger partial charge in [0, 0.05) is 0 Å². The van der Waals surface area contributed by atoms with E-state index >= 15 is 0 Å². The lowest BCUT2D eigenvalue weighted by Crippen LogP contribution is -2.30. The molecular formula is C33H32N2O6S. The molecule has 1 aliphatic heterocycles. The van der Waals surface area contributed by atoms with Gasteiger partial charge in [-0.3, -0.25) is 14.5 Å². The molecule has 0 saturated heterocycles. The van der Waals surface area contributed by atoms with E-state index in [0.29, 0.717) is 40.1 Å². The number of aliphatic hydroxyl groups excluding tert-OH is 1. The van der Waals surface area contributed by atoms with Gasteiger partial charge in [0.15, 0.2) is 28.2 Å². The molecular weight excluding hydrogens is 552 g/mol. The standard InChI is InChI=1S/C33H32N2O6S/c1-4-5-9-18-41-26-17-13-22(19-27(26)40-3)30-29(25(36)16-12-21-10-7-6-8-11-21)31(37)32(38)35(30)33-34-24-15-14-23(39-2)20-28(24)42-33/h6-8,10-17,19-20,30,37H,4-5,9,18H2,1-3H3. The Hall–Kier alpha value is -4.63. The zero-order valence-corrected chi connectivity index (χ0v) is 24.5. The molecule has 42 heavy (non-hydrogen) atoms. The first-order chi connectivity index (χ1) is 20.4. The van der Waals surface area contributed by atoms with Crippen LogP contribution >= 0.6 is 11.3 Å². The highest BCUT2D eigenvalue weighted by atomic mass is 32.1. The summed E-state index contributed by atoms with van der Waals surface area (Å²) in [5.74, 6) is -0.128. The molecule has 1 amide bonds. The number of hydrogen-bond acceptors (Lipinski definition) is 8. The third-order valence-corrected chi connectivity index (χ3v) is 8.02. The predicted molar refractivity (Wildman–Crippen MR) is 165 cm³/mol. The van der Waals surface area contributed by atoms with Crippen LogP contribution in [-0.4, -0.2) is 42.6 Å². The number of aliphatic hydroxyl groups is 1. The topological polar surface area (TPSA) is 98.2 Å². The number of carbonyl (C=O) groups excluding carboxylic acids is 2. The van der Waals surface area contributed by atoms with Gasteiger partial charge < -0.3 is 19.3 Å². The number of ketones is 1. The summed E-state index contributed by atoms with van der Waals surface area (Å²) >= 11 is 1.27. The smallest absolute Gasteiger partial charge is 0.296 e. The van der Waals surface area contributed by atoms with Gasteiger partial charge in [-0.2, -0.15) is 0 Å². The molecule has 216 valence electrons. The van der Waals surface area contributed by atoms with E-state index in [9.17, 15) is 14.7 Å². The van der Waals surface area contributed by atoms with E-state index < -0.39 is 23.5 Å². The molecule has 3 aromatic carbocycles. The average molecular weight is 585 g/mol. The fraction of sp³-hybridized carbons (Fsp3) is 0.242. The highest BCUT2D eigenvalue weighted by Gasteiger charge is 2.45. The van der Waals surface area contributed by atoms with Crippen molar-refractivity contribution in [3.8, 4) is 17.2 Å². The number of allylic oxidation sites excluding steroid dienone is 1. The zero-order valence-electron chi connectivity index (χ0n) is 23.7. The summed E-state index contributed by atoms with van der Waals surface area (Å²) in [5, 5.41) is 11.5. The number of hydrogen-bond donors (Lipinski definition) is 1. The highest BCUT2D eigenvalue weighted by Crippen LogP contribution is 2.45. The Balaban J connectivity index is 1.57. The van der Waals surface area contributed by atoms with Crippen molar-refractivity contribution in [3.05, 3.63) is 95.3 Å². The third-order valence-electron chi connectivity index (χ3n) is 7.00. The number of ether oxygens (including phenoxy) is 3. The molecule has 0 radical (unpaired) electrons. The van der Waals surface area contributed by atoms with Crippen LogP contribution in [0.15, 0.2) is 84.1 Å². The Kier molecular flexibility index (Phi) is 8.88. The second-order valence-electron chi connectivity index (χ2n) is 9.74. The molecule has 0 fully saturated rings. The Morgan fingerprint density at radius 3 is 2.57 bits per heavy atom. The van der Waals surface area contributed by atoms with Crippen LogP contribution < -0.4 is 19.1 Å². The first-order valence-corrected chi connectivity index (χ1v) is 14.6. The van der Waals surface area contributed by atoms with Gasteiger partial charge in [0.25, 0.3) is 5.91 Å². The Morgan fingerprint density at radius 1 is 1.02 bits per heavy atom. The summed E-state index contributed by atoms with van der Waals surface area (Å²) in [6.07, 6.45) is 6.08. The lowest BCUT2D eigenvalue weighted by atomic mass is 9.95. The molecule has 0 spiro atoms. The van der Waals surface area contributed by atoms with E-state index in [1.807, 2.05) is 36.4 Å². The van der Waals surface area contributed by atoms with E-state index in [2.05, 4.69) is 11.9 Å². The molecule has 1 aromatic heterocycles. The predicted octanol–water partition coefficient (Wildman–Crippen LogP) is 7.07. The van der Waals surface area contributed by atoms with Crippen LogP contribution in [0, 0.1) is 0 Å². The van der Waals surface area contributed by atoms with Gasteiger partial charge in [0.1, 0.15) is 5.75 Å². The quantitative estimate of drug-likeness (QED) is 0.141. The van der Waals surface area contributed by atoms with Crippen molar-refractivity contribution in [2.24, 2.45) is 0 Å². The molecule has 0 bridgehead atoms. The molecule has 4 aromatic rings. The van der Waals surface area contributed by atoms with Crippen molar-refractivity contribution in [1.29, 1.82) is 0 Å². The third kappa shape index (κ3) is 5.87. The minimum atomic E-state index is -0.948. The van der Waals surface area contributed by atoms with Crippen LogP contribution in [0.5, 0.6) is 17.2 Å². The van der Waals surface area contributed by atoms with Crippen LogP contribution in [0.4, 0.5) is 5.13 Å². The van der Waals surface area contributed by atoms with E-state index in [4.69, 9.17) is 14.2 Å². The normalized spacial score (nSPS) is 15.2. The van der Waals surface area contributed by atoms with Gasteiger partial charge in [-0.25, -0.2) is 4.98 Å². The van der Waals surface area contributed by atoms with Crippen LogP contribution in [-0.2, 0) is 9.59 Å². The van der Waals surface area contributed by atoms with Crippen molar-refractivity contribution in [2.45, 2.75) is 32.2 Å². The Morgan fingerprint density at radius 2 is 1.83 bits per heavy atom. The monoisotopic (exact) mass is 584 g/mol. The number of thiazole rings is 1. The maximum absolute atomic E-state index is 13.6. The molecule has 0 saturated carbocycles. The van der Waals surface area contributed by atoms with E-state index in [1.165, 1.54) is 22.3 Å². The number of fused-ring (bicyclic) bond motifs is 1. The number of benzene rings is 3. The summed E-state index contributed by atoms with van der Waals surface area (Å²) in [6.45, 7) is 2.67. The number of rotatable bonds is 12. The van der Waals surface area contributed by atoms with Crippen LogP contribution in [0.1, 0.15) is 43.4 Å². The number of carbonyl (C=O) groups is 2. The lowest BCUT2D eigenvalue weighted by Gasteiger charge is -2.25. The molecule has 2 heterocycles. The van der Waals surface area contributed by atoms with Crippen molar-refractivity contribution < 1.29 is 28.9 Å². The molecule has 1 aliphatic rings. The van der Waals surface area contributed by atoms with Crippen LogP contribution in [0.3, 0.4) is 0 Å². The fourth-order valence-electron chi connectivity index (χ4n) is 4.83. The summed E-state index contributed by atoms with van der Waals surface area (Å²) in [7, 11) is 3.12. The second-order valence-corrected chi connectivity index (χ2v) is 10.8. The Bertz CT molecular complexity index is 1660. The van der Waals surface area contributed by atoms with E-state index in [-0.39, 0.29) is 5.57 Å². The first kappa shape index (κ1) is 28.9. The van der Waals surface area contributed by atoms with Gasteiger partial charge in [0.2, 0.25) is 0 Å². The van der Waals surface area contributed by atoms with Gasteiger partial charge in [-0.1, -0.05) is 73.6 Å². The first-order valence-electron chi connectivity index (χ1n) is 13.7. The van der Waals surface area contributed by atoms with Crippen LogP contribution in [0.2, 0.25) is 0 Å². The number of unbranched alkanes of at least 4 members (excludes halogenated alkanes) is 2. The molecule has 5 rings (SSSR count). The number of anilines is 1. The zero-order chi connectivity index (χ0) is 29.6. The van der Waals surface area contributed by atoms with Gasteiger partial charge in [-0.15, -0.1) is 0 Å². The van der Waals surface area contributed by atoms with Gasteiger partial charge >= 0.3 is 0 Å². The van der Waals surface area contributed by atoms with Gasteiger partial charge in [-0.05, 0) is 54.0 Å². The molecule has 8 nitrogen and oxygen atoms in total. The van der Waals surface area contributed by atoms with Crippen molar-refractivity contribution in [3.63, 3.8) is 0 Å². The lowest BCUT2D eigenvalue weighted by molar-refractivity contribution is -0.117. The Labute approximate surface area is 248 Å².